The number of hydrogen-bond donors (Lipinski definition) is 1. The minimum Gasteiger partial charge on any atom is -0.481 e. The topological polar surface area (TPSA) is 70.5 Å². The van der Waals surface area contributed by atoms with Crippen molar-refractivity contribution in [3.63, 3.8) is 0 Å². The van der Waals surface area contributed by atoms with E-state index in [0.717, 1.165) is 0 Å². The molecule has 0 aromatic carbocycles. The monoisotopic (exact) mass is 270 g/mol. The molecular weight excluding hydrogens is 256 g/mol. The summed E-state index contributed by atoms with van der Waals surface area (Å²) in [7, 11) is 0. The Hall–Kier alpha value is -1.62. The Bertz CT molecular complexity index is 433. The molecule has 0 aliphatic heterocycles. The lowest BCUT2D eigenvalue weighted by Gasteiger charge is -2.26. The van der Waals surface area contributed by atoms with Gasteiger partial charge in [-0.3, -0.25) is 9.59 Å². The van der Waals surface area contributed by atoms with Gasteiger partial charge in [-0.05, 0) is 26.0 Å². The zero-order valence-corrected chi connectivity index (χ0v) is 11.0. The maximum absolute atomic E-state index is 12.2. The zero-order chi connectivity index (χ0) is 13.7. The van der Waals surface area contributed by atoms with Crippen molar-refractivity contribution in [1.82, 2.24) is 9.88 Å². The molecule has 0 fully saturated rings. The number of pyridine rings is 1. The second kappa shape index (κ2) is 6.35. The predicted molar refractivity (Wildman–Crippen MR) is 67.7 cm³/mol. The van der Waals surface area contributed by atoms with Gasteiger partial charge in [0.05, 0.1) is 12.0 Å². The van der Waals surface area contributed by atoms with Gasteiger partial charge in [-0.15, -0.1) is 0 Å². The van der Waals surface area contributed by atoms with E-state index in [1.54, 1.807) is 19.9 Å². The highest BCUT2D eigenvalue weighted by molar-refractivity contribution is 6.29. The van der Waals surface area contributed by atoms with Crippen LogP contribution in [0, 0.1) is 0 Å². The van der Waals surface area contributed by atoms with E-state index < -0.39 is 5.97 Å². The minimum absolute atomic E-state index is 0.0827. The van der Waals surface area contributed by atoms with E-state index in [1.165, 1.54) is 17.2 Å². The van der Waals surface area contributed by atoms with Crippen LogP contribution in [0.3, 0.4) is 0 Å². The number of amides is 1. The van der Waals surface area contributed by atoms with E-state index in [-0.39, 0.29) is 18.4 Å². The maximum Gasteiger partial charge on any atom is 0.305 e. The Morgan fingerprint density at radius 3 is 2.61 bits per heavy atom. The Balaban J connectivity index is 2.85. The Morgan fingerprint density at radius 2 is 2.17 bits per heavy atom. The van der Waals surface area contributed by atoms with Crippen molar-refractivity contribution in [2.75, 3.05) is 6.54 Å². The highest BCUT2D eigenvalue weighted by atomic mass is 35.5. The van der Waals surface area contributed by atoms with E-state index in [2.05, 4.69) is 4.98 Å². The van der Waals surface area contributed by atoms with E-state index in [0.29, 0.717) is 17.3 Å². The third-order valence-corrected chi connectivity index (χ3v) is 2.80. The molecule has 18 heavy (non-hydrogen) atoms. The Labute approximate surface area is 110 Å². The summed E-state index contributed by atoms with van der Waals surface area (Å²) >= 11 is 5.65. The number of aliphatic carboxylic acids is 1. The summed E-state index contributed by atoms with van der Waals surface area (Å²) in [6.07, 6.45) is 1.31. The summed E-state index contributed by atoms with van der Waals surface area (Å²) in [5.74, 6) is -1.17. The van der Waals surface area contributed by atoms with Gasteiger partial charge in [-0.25, -0.2) is 4.98 Å². The quantitative estimate of drug-likeness (QED) is 0.832. The molecule has 0 saturated heterocycles. The van der Waals surface area contributed by atoms with Gasteiger partial charge in [0.1, 0.15) is 5.15 Å². The van der Waals surface area contributed by atoms with Crippen LogP contribution in [-0.2, 0) is 4.79 Å². The van der Waals surface area contributed by atoms with Crippen LogP contribution < -0.4 is 0 Å². The van der Waals surface area contributed by atoms with Crippen LogP contribution >= 0.6 is 11.6 Å². The van der Waals surface area contributed by atoms with Gasteiger partial charge in [0.2, 0.25) is 0 Å². The number of hydrogen-bond acceptors (Lipinski definition) is 3. The number of carbonyl (C=O) groups is 2. The first-order chi connectivity index (χ1) is 8.45. The Kier molecular flexibility index (Phi) is 5.09. The molecule has 6 heteroatoms. The summed E-state index contributed by atoms with van der Waals surface area (Å²) in [5, 5.41) is 9.06. The molecule has 1 rings (SSSR count). The van der Waals surface area contributed by atoms with E-state index in [9.17, 15) is 9.59 Å². The van der Waals surface area contributed by atoms with Crippen LogP contribution in [0.5, 0.6) is 0 Å². The highest BCUT2D eigenvalue weighted by Crippen LogP contribution is 2.12. The average molecular weight is 271 g/mol. The third kappa shape index (κ3) is 3.70. The van der Waals surface area contributed by atoms with Gasteiger partial charge in [-0.2, -0.15) is 0 Å². The molecule has 98 valence electrons. The number of carbonyl (C=O) groups excluding carboxylic acids is 1. The van der Waals surface area contributed by atoms with Crippen molar-refractivity contribution in [2.24, 2.45) is 0 Å². The summed E-state index contributed by atoms with van der Waals surface area (Å²) in [6, 6.07) is 2.74. The highest BCUT2D eigenvalue weighted by Gasteiger charge is 2.22. The molecule has 1 N–H and O–H groups in total. The molecule has 1 aromatic rings. The lowest BCUT2D eigenvalue weighted by Crippen LogP contribution is -2.39. The summed E-state index contributed by atoms with van der Waals surface area (Å²) in [5.41, 5.74) is 0.401. The fraction of sp³-hybridized carbons (Fsp3) is 0.417. The van der Waals surface area contributed by atoms with E-state index in [4.69, 9.17) is 16.7 Å². The number of carboxylic acid groups (broad SMARTS) is 1. The molecule has 0 bridgehead atoms. The van der Waals surface area contributed by atoms with Gasteiger partial charge in [0, 0.05) is 18.8 Å². The van der Waals surface area contributed by atoms with Crippen LogP contribution in [0.15, 0.2) is 18.3 Å². The third-order valence-electron chi connectivity index (χ3n) is 2.58. The van der Waals surface area contributed by atoms with Crippen LogP contribution in [0.4, 0.5) is 0 Å². The van der Waals surface area contributed by atoms with Crippen LogP contribution in [0.1, 0.15) is 30.6 Å². The molecule has 0 radical (unpaired) electrons. The normalized spacial score (nSPS) is 11.9. The number of rotatable bonds is 5. The van der Waals surface area contributed by atoms with Gasteiger partial charge < -0.3 is 10.0 Å². The van der Waals surface area contributed by atoms with E-state index >= 15 is 0 Å². The van der Waals surface area contributed by atoms with Gasteiger partial charge >= 0.3 is 5.97 Å². The van der Waals surface area contributed by atoms with Gasteiger partial charge in [0.15, 0.2) is 0 Å². The predicted octanol–water partition coefficient (Wildman–Crippen LogP) is 2.06. The van der Waals surface area contributed by atoms with Gasteiger partial charge in [-0.1, -0.05) is 11.6 Å². The number of aromatic nitrogens is 1. The van der Waals surface area contributed by atoms with Crippen molar-refractivity contribution in [1.29, 1.82) is 0 Å². The van der Waals surface area contributed by atoms with Crippen molar-refractivity contribution in [3.05, 3.63) is 29.0 Å². The second-order valence-corrected chi connectivity index (χ2v) is 4.29. The van der Waals surface area contributed by atoms with Crippen molar-refractivity contribution in [3.8, 4) is 0 Å². The van der Waals surface area contributed by atoms with Crippen molar-refractivity contribution < 1.29 is 14.7 Å². The molecule has 1 atom stereocenters. The lowest BCUT2D eigenvalue weighted by atomic mass is 10.1. The van der Waals surface area contributed by atoms with Crippen molar-refractivity contribution >= 4 is 23.5 Å². The maximum atomic E-state index is 12.2. The fourth-order valence-corrected chi connectivity index (χ4v) is 1.80. The standard InChI is InChI=1S/C12H15ClN2O3/c1-3-15(8(2)6-11(16)17)12(18)9-4-5-10(13)14-7-9/h4-5,7-8H,3,6H2,1-2H3,(H,16,17). The SMILES string of the molecule is CCN(C(=O)c1ccc(Cl)nc1)C(C)CC(=O)O. The smallest absolute Gasteiger partial charge is 0.305 e. The average Bonchev–Trinajstić information content (AvgIpc) is 2.29. The number of nitrogens with zero attached hydrogens (tertiary/aromatic N) is 2. The molecule has 1 amide bonds. The first kappa shape index (κ1) is 14.4. The summed E-state index contributed by atoms with van der Waals surface area (Å²) in [6.45, 7) is 3.95. The summed E-state index contributed by atoms with van der Waals surface area (Å²) < 4.78 is 0. The summed E-state index contributed by atoms with van der Waals surface area (Å²) in [4.78, 5) is 28.2. The van der Waals surface area contributed by atoms with Crippen molar-refractivity contribution in [2.45, 2.75) is 26.3 Å². The fourth-order valence-electron chi connectivity index (χ4n) is 1.69. The number of halogens is 1. The van der Waals surface area contributed by atoms with E-state index in [1.807, 2.05) is 0 Å². The first-order valence-electron chi connectivity index (χ1n) is 5.60. The Morgan fingerprint density at radius 1 is 1.50 bits per heavy atom. The van der Waals surface area contributed by atoms with Crippen LogP contribution in [0.25, 0.3) is 0 Å². The minimum atomic E-state index is -0.928. The molecule has 0 saturated carbocycles. The van der Waals surface area contributed by atoms with Crippen LogP contribution in [0.2, 0.25) is 5.15 Å². The molecule has 1 heterocycles. The molecule has 1 unspecified atom stereocenters. The van der Waals surface area contributed by atoms with Crippen LogP contribution in [-0.4, -0.2) is 39.5 Å². The molecule has 0 aliphatic carbocycles. The number of carboxylic acids is 1. The molecule has 0 spiro atoms. The molecule has 5 nitrogen and oxygen atoms in total. The zero-order valence-electron chi connectivity index (χ0n) is 10.3. The van der Waals surface area contributed by atoms with Gasteiger partial charge in [0.25, 0.3) is 5.91 Å². The molecular formula is C12H15ClN2O3. The molecule has 1 aromatic heterocycles. The molecule has 0 aliphatic rings. The second-order valence-electron chi connectivity index (χ2n) is 3.91. The largest absolute Gasteiger partial charge is 0.481 e. The first-order valence-corrected chi connectivity index (χ1v) is 5.97. The lowest BCUT2D eigenvalue weighted by molar-refractivity contribution is -0.138.